The third-order valence-corrected chi connectivity index (χ3v) is 7.43. The third kappa shape index (κ3) is 4.62. The molecule has 196 valence electrons. The fraction of sp³-hybridized carbons (Fsp3) is 0.346. The molecular weight excluding hydrogens is 504 g/mol. The van der Waals surface area contributed by atoms with Gasteiger partial charge in [0.2, 0.25) is 0 Å². The van der Waals surface area contributed by atoms with Gasteiger partial charge >= 0.3 is 0 Å². The van der Waals surface area contributed by atoms with E-state index in [9.17, 15) is 4.79 Å². The summed E-state index contributed by atoms with van der Waals surface area (Å²) in [6.07, 6.45) is 5.37. The topological polar surface area (TPSA) is 134 Å². The van der Waals surface area contributed by atoms with E-state index in [4.69, 9.17) is 14.5 Å². The lowest BCUT2D eigenvalue weighted by Gasteiger charge is -2.36. The lowest BCUT2D eigenvalue weighted by molar-refractivity contribution is -0.00545. The van der Waals surface area contributed by atoms with Gasteiger partial charge in [-0.25, -0.2) is 19.9 Å². The number of anilines is 2. The van der Waals surface area contributed by atoms with E-state index >= 15 is 0 Å². The highest BCUT2D eigenvalue weighted by molar-refractivity contribution is 7.17. The molecule has 1 aliphatic heterocycles. The van der Waals surface area contributed by atoms with Crippen LogP contribution in [0.2, 0.25) is 0 Å². The van der Waals surface area contributed by atoms with E-state index in [0.29, 0.717) is 29.5 Å². The molecule has 0 amide bonds. The van der Waals surface area contributed by atoms with E-state index in [0.717, 1.165) is 40.2 Å². The zero-order chi connectivity index (χ0) is 26.2. The van der Waals surface area contributed by atoms with Crippen molar-refractivity contribution in [2.75, 3.05) is 37.0 Å². The van der Waals surface area contributed by atoms with Crippen molar-refractivity contribution in [3.63, 3.8) is 0 Å². The van der Waals surface area contributed by atoms with E-state index in [1.54, 1.807) is 31.8 Å². The van der Waals surface area contributed by atoms with Crippen molar-refractivity contribution in [2.45, 2.75) is 32.1 Å². The minimum atomic E-state index is -0.380. The summed E-state index contributed by atoms with van der Waals surface area (Å²) in [7, 11) is 1.62. The Hall–Kier alpha value is -3.87. The number of morpholine rings is 1. The molecule has 0 aliphatic carbocycles. The summed E-state index contributed by atoms with van der Waals surface area (Å²) in [5.41, 5.74) is 3.01. The summed E-state index contributed by atoms with van der Waals surface area (Å²) in [6.45, 7) is 5.95. The standard InChI is InChI=1S/C26H28N8O3S/c1-14-11-34(12-15(2)37-14)20-9-17-18(10-29-20)32-25(31-17)21-22(23-16(5-8-38-23)33-26(21)35)30-19(13-36-3)24-27-6-4-7-28-24/h4-10,14-15,19H,11-13H2,1-3H3,(H,31,32)(H2,30,33,35)/t14-,15+,19-/m1/s1. The third-order valence-electron chi connectivity index (χ3n) is 6.50. The Morgan fingerprint density at radius 1 is 1.18 bits per heavy atom. The molecule has 3 atom stereocenters. The molecule has 1 saturated heterocycles. The number of aromatic nitrogens is 6. The molecule has 3 N–H and O–H groups in total. The minimum absolute atomic E-state index is 0.115. The second-order valence-corrected chi connectivity index (χ2v) is 10.4. The molecule has 12 heteroatoms. The summed E-state index contributed by atoms with van der Waals surface area (Å²) >= 11 is 1.53. The average Bonchev–Trinajstić information content (AvgIpc) is 3.54. The highest BCUT2D eigenvalue weighted by Gasteiger charge is 2.25. The van der Waals surface area contributed by atoms with Crippen molar-refractivity contribution in [2.24, 2.45) is 0 Å². The molecule has 6 rings (SSSR count). The van der Waals surface area contributed by atoms with Crippen LogP contribution in [0.5, 0.6) is 0 Å². The quantitative estimate of drug-likeness (QED) is 0.287. The van der Waals surface area contributed by atoms with Crippen LogP contribution in [-0.4, -0.2) is 68.9 Å². The van der Waals surface area contributed by atoms with Crippen LogP contribution in [0.15, 0.2) is 47.0 Å². The SMILES string of the molecule is COC[C@@H](Nc1c(-c2nc3cc(N4C[C@@H](C)O[C@@H](C)C4)ncc3[nH]2)c(=O)[nH]c2ccsc12)c1ncccn1. The Bertz CT molecular complexity index is 1620. The van der Waals surface area contributed by atoms with E-state index in [1.807, 2.05) is 17.5 Å². The van der Waals surface area contributed by atoms with Crippen LogP contribution in [0.3, 0.4) is 0 Å². The Morgan fingerprint density at radius 2 is 1.97 bits per heavy atom. The molecule has 5 aromatic heterocycles. The Morgan fingerprint density at radius 3 is 2.74 bits per heavy atom. The molecule has 0 unspecified atom stereocenters. The smallest absolute Gasteiger partial charge is 0.261 e. The van der Waals surface area contributed by atoms with Gasteiger partial charge in [0.25, 0.3) is 5.56 Å². The van der Waals surface area contributed by atoms with Crippen molar-refractivity contribution in [1.82, 2.24) is 29.9 Å². The van der Waals surface area contributed by atoms with Crippen molar-refractivity contribution in [3.8, 4) is 11.4 Å². The summed E-state index contributed by atoms with van der Waals surface area (Å²) in [4.78, 5) is 40.3. The van der Waals surface area contributed by atoms with Crippen LogP contribution in [0, 0.1) is 0 Å². The molecule has 11 nitrogen and oxygen atoms in total. The number of rotatable bonds is 7. The molecular formula is C26H28N8O3S. The highest BCUT2D eigenvalue weighted by atomic mass is 32.1. The molecule has 0 saturated carbocycles. The number of pyridine rings is 2. The van der Waals surface area contributed by atoms with Crippen molar-refractivity contribution < 1.29 is 9.47 Å². The van der Waals surface area contributed by atoms with Gasteiger partial charge in [-0.3, -0.25) is 4.79 Å². The number of H-pyrrole nitrogens is 2. The molecule has 6 heterocycles. The highest BCUT2D eigenvalue weighted by Crippen LogP contribution is 2.36. The Labute approximate surface area is 222 Å². The molecule has 0 spiro atoms. The van der Waals surface area contributed by atoms with E-state index in [1.165, 1.54) is 11.3 Å². The molecule has 0 bridgehead atoms. The van der Waals surface area contributed by atoms with Gasteiger partial charge in [0, 0.05) is 38.7 Å². The number of fused-ring (bicyclic) bond motifs is 2. The Balaban J connectivity index is 1.44. The molecule has 0 aromatic carbocycles. The molecule has 0 radical (unpaired) electrons. The zero-order valence-electron chi connectivity index (χ0n) is 21.3. The first-order valence-corrected chi connectivity index (χ1v) is 13.3. The largest absolute Gasteiger partial charge is 0.382 e. The Kier molecular flexibility index (Phi) is 6.52. The van der Waals surface area contributed by atoms with E-state index in [2.05, 4.69) is 49.0 Å². The van der Waals surface area contributed by atoms with Crippen LogP contribution in [0.1, 0.15) is 25.7 Å². The minimum Gasteiger partial charge on any atom is -0.382 e. The van der Waals surface area contributed by atoms with E-state index in [-0.39, 0.29) is 23.8 Å². The number of nitrogens with zero attached hydrogens (tertiary/aromatic N) is 5. The number of nitrogens with one attached hydrogen (secondary N) is 3. The first-order valence-electron chi connectivity index (χ1n) is 12.4. The second-order valence-electron chi connectivity index (χ2n) is 9.43. The first-order chi connectivity index (χ1) is 18.5. The van der Waals surface area contributed by atoms with Gasteiger partial charge in [0.1, 0.15) is 23.2 Å². The number of hydrogen-bond acceptors (Lipinski definition) is 10. The van der Waals surface area contributed by atoms with Gasteiger partial charge in [-0.2, -0.15) is 0 Å². The van der Waals surface area contributed by atoms with Crippen molar-refractivity contribution in [3.05, 3.63) is 58.3 Å². The van der Waals surface area contributed by atoms with E-state index < -0.39 is 0 Å². The average molecular weight is 533 g/mol. The van der Waals surface area contributed by atoms with Crippen LogP contribution in [-0.2, 0) is 9.47 Å². The normalized spacial score (nSPS) is 18.8. The predicted molar refractivity (Wildman–Crippen MR) is 148 cm³/mol. The van der Waals surface area contributed by atoms with Crippen molar-refractivity contribution >= 4 is 44.1 Å². The first kappa shape index (κ1) is 24.5. The number of thiophene rings is 1. The maximum absolute atomic E-state index is 13.4. The van der Waals surface area contributed by atoms with Crippen LogP contribution in [0.4, 0.5) is 11.5 Å². The number of ether oxygens (including phenoxy) is 2. The number of imidazole rings is 1. The lowest BCUT2D eigenvalue weighted by atomic mass is 10.1. The van der Waals surface area contributed by atoms with Gasteiger partial charge in [0.05, 0.1) is 51.9 Å². The van der Waals surface area contributed by atoms with Gasteiger partial charge in [-0.1, -0.05) is 0 Å². The maximum atomic E-state index is 13.4. The predicted octanol–water partition coefficient (Wildman–Crippen LogP) is 3.73. The molecule has 38 heavy (non-hydrogen) atoms. The lowest BCUT2D eigenvalue weighted by Crippen LogP contribution is -2.45. The van der Waals surface area contributed by atoms with Crippen LogP contribution in [0.25, 0.3) is 32.6 Å². The van der Waals surface area contributed by atoms with Gasteiger partial charge in [-0.05, 0) is 31.4 Å². The monoisotopic (exact) mass is 532 g/mol. The summed E-state index contributed by atoms with van der Waals surface area (Å²) in [5.74, 6) is 1.85. The number of hydrogen-bond donors (Lipinski definition) is 3. The van der Waals surface area contributed by atoms with Crippen LogP contribution >= 0.6 is 11.3 Å². The second kappa shape index (κ2) is 10.1. The maximum Gasteiger partial charge on any atom is 0.261 e. The van der Waals surface area contributed by atoms with Gasteiger partial charge in [0.15, 0.2) is 5.82 Å². The molecule has 5 aromatic rings. The van der Waals surface area contributed by atoms with Crippen molar-refractivity contribution in [1.29, 1.82) is 0 Å². The van der Waals surface area contributed by atoms with Gasteiger partial charge in [-0.15, -0.1) is 11.3 Å². The molecule has 1 aliphatic rings. The fourth-order valence-corrected chi connectivity index (χ4v) is 5.81. The summed E-state index contributed by atoms with van der Waals surface area (Å²) in [5, 5.41) is 5.44. The fourth-order valence-electron chi connectivity index (χ4n) is 4.94. The number of aromatic amines is 2. The summed E-state index contributed by atoms with van der Waals surface area (Å²) < 4.78 is 12.2. The van der Waals surface area contributed by atoms with Gasteiger partial charge < -0.3 is 29.7 Å². The zero-order valence-corrected chi connectivity index (χ0v) is 22.1. The summed E-state index contributed by atoms with van der Waals surface area (Å²) in [6, 6.07) is 5.23. The number of methoxy groups -OCH3 is 1. The van der Waals surface area contributed by atoms with Crippen LogP contribution < -0.4 is 15.8 Å². The molecule has 1 fully saturated rings.